The van der Waals surface area contributed by atoms with Crippen LogP contribution in [0.3, 0.4) is 0 Å². The number of carbonyl (C=O) groups excluding carboxylic acids is 5. The predicted octanol–water partition coefficient (Wildman–Crippen LogP) is 7.35. The summed E-state index contributed by atoms with van der Waals surface area (Å²) in [5, 5.41) is 36.0. The monoisotopic (exact) mass is 1050 g/mol. The summed E-state index contributed by atoms with van der Waals surface area (Å²) in [5.74, 6) is -2.93. The minimum atomic E-state index is -0.960. The molecule has 4 bridgehead atoms. The molecule has 0 saturated heterocycles. The van der Waals surface area contributed by atoms with Gasteiger partial charge in [0.05, 0.1) is 56.8 Å². The summed E-state index contributed by atoms with van der Waals surface area (Å²) in [6.07, 6.45) is 18.6. The van der Waals surface area contributed by atoms with E-state index < -0.39 is 66.6 Å². The molecule has 0 saturated carbocycles. The lowest BCUT2D eigenvalue weighted by Crippen LogP contribution is -2.35. The van der Waals surface area contributed by atoms with Crippen LogP contribution in [0.5, 0.6) is 0 Å². The number of cyclic esters (lactones) is 1. The number of amides is 1. The third kappa shape index (κ3) is 24.7. The Hall–Kier alpha value is -5.01. The highest BCUT2D eigenvalue weighted by Gasteiger charge is 2.32. The van der Waals surface area contributed by atoms with Crippen LogP contribution in [0.15, 0.2) is 95.3 Å². The molecule has 3 aliphatic heterocycles. The van der Waals surface area contributed by atoms with Crippen molar-refractivity contribution in [2.75, 3.05) is 42.2 Å². The topological polar surface area (TPSA) is 232 Å². The number of allylic oxidation sites excluding steroid dienone is 6. The summed E-state index contributed by atoms with van der Waals surface area (Å²) < 4.78 is 44.8. The molecule has 0 spiro atoms. The summed E-state index contributed by atoms with van der Waals surface area (Å²) in [6.45, 7) is 9.77. The highest BCUT2D eigenvalue weighted by molar-refractivity contribution is 5.87. The third-order valence-corrected chi connectivity index (χ3v) is 14.1. The van der Waals surface area contributed by atoms with Gasteiger partial charge in [0.25, 0.3) is 0 Å². The molecule has 0 fully saturated rings. The van der Waals surface area contributed by atoms with Crippen LogP contribution >= 0.6 is 0 Å². The Morgan fingerprint density at radius 3 is 2.19 bits per heavy atom. The number of esters is 4. The number of fused-ring (bicyclic) bond motifs is 4. The Kier molecular flexibility index (Phi) is 29.7. The van der Waals surface area contributed by atoms with Gasteiger partial charge in [-0.2, -0.15) is 0 Å². The number of aliphatic hydroxyl groups is 3. The van der Waals surface area contributed by atoms with Crippen molar-refractivity contribution in [1.82, 2.24) is 5.32 Å². The first-order valence-electron chi connectivity index (χ1n) is 26.2. The molecule has 13 unspecified atom stereocenters. The van der Waals surface area contributed by atoms with Gasteiger partial charge in [-0.3, -0.25) is 14.4 Å². The third-order valence-electron chi connectivity index (χ3n) is 14.1. The molecule has 0 aromatic heterocycles. The second-order valence-electron chi connectivity index (χ2n) is 20.3. The van der Waals surface area contributed by atoms with E-state index in [1.54, 1.807) is 50.7 Å². The van der Waals surface area contributed by atoms with Gasteiger partial charge >= 0.3 is 23.9 Å². The Labute approximate surface area is 445 Å². The number of hydrogen-bond acceptors (Lipinski definition) is 16. The van der Waals surface area contributed by atoms with Gasteiger partial charge in [0.15, 0.2) is 0 Å². The summed E-state index contributed by atoms with van der Waals surface area (Å²) in [5.41, 5.74) is 3.14. The molecule has 3 rings (SSSR count). The molecule has 3 heterocycles. The highest BCUT2D eigenvalue weighted by Crippen LogP contribution is 2.31. The van der Waals surface area contributed by atoms with Crippen molar-refractivity contribution < 1.29 is 77.2 Å². The SMILES string of the molecule is COCC1C/C(C)=C\C2OC(=O)C=C(C/C=C/C(O)CC(O)C(C)C(OC)CCC(C)C(OC)CC3CC(=CC(=O)O3)CC(=O)N/C=C\C=C\CC(CC(=O)OC)CC(O)C/C(C)=C\C=C\C(OC)CC(=O)O1)C2C. The molecule has 75 heavy (non-hydrogen) atoms. The number of carbonyl (C=O) groups is 5. The van der Waals surface area contributed by atoms with E-state index in [2.05, 4.69) is 5.32 Å². The van der Waals surface area contributed by atoms with Gasteiger partial charge in [0.2, 0.25) is 5.91 Å². The van der Waals surface area contributed by atoms with Gasteiger partial charge in [-0.1, -0.05) is 85.6 Å². The fourth-order valence-electron chi connectivity index (χ4n) is 9.67. The number of aliphatic hydroxyl groups excluding tert-OH is 3. The first kappa shape index (κ1) is 64.3. The summed E-state index contributed by atoms with van der Waals surface area (Å²) in [4.78, 5) is 63.8. The molecule has 3 aliphatic rings. The zero-order chi connectivity index (χ0) is 55.5. The van der Waals surface area contributed by atoms with Crippen molar-refractivity contribution in [3.05, 3.63) is 95.3 Å². The number of methoxy groups -OCH3 is 5. The molecule has 0 radical (unpaired) electrons. The zero-order valence-corrected chi connectivity index (χ0v) is 46.0. The van der Waals surface area contributed by atoms with Crippen molar-refractivity contribution in [3.8, 4) is 0 Å². The van der Waals surface area contributed by atoms with E-state index in [1.807, 2.05) is 52.8 Å². The average molecular weight is 1050 g/mol. The molecule has 17 heteroatoms. The fraction of sp³-hybridized carbons (Fsp3) is 0.638. The van der Waals surface area contributed by atoms with Crippen LogP contribution in [0.1, 0.15) is 118 Å². The summed E-state index contributed by atoms with van der Waals surface area (Å²) in [7, 11) is 7.54. The molecule has 4 N–H and O–H groups in total. The molecular weight excluding hydrogens is 967 g/mol. The maximum absolute atomic E-state index is 13.2. The second-order valence-corrected chi connectivity index (χ2v) is 20.3. The van der Waals surface area contributed by atoms with Gasteiger partial charge in [-0.05, 0) is 76.4 Å². The Bertz CT molecular complexity index is 2070. The summed E-state index contributed by atoms with van der Waals surface area (Å²) >= 11 is 0. The van der Waals surface area contributed by atoms with E-state index >= 15 is 0 Å². The van der Waals surface area contributed by atoms with E-state index in [-0.39, 0.29) is 74.1 Å². The van der Waals surface area contributed by atoms with Crippen molar-refractivity contribution >= 4 is 29.8 Å². The average Bonchev–Trinajstić information content (AvgIpc) is 3.34. The van der Waals surface area contributed by atoms with E-state index in [1.165, 1.54) is 39.7 Å². The van der Waals surface area contributed by atoms with Gasteiger partial charge in [0, 0.05) is 97.2 Å². The van der Waals surface area contributed by atoms with Gasteiger partial charge in [0.1, 0.15) is 18.3 Å². The van der Waals surface area contributed by atoms with Crippen molar-refractivity contribution in [1.29, 1.82) is 0 Å². The van der Waals surface area contributed by atoms with Crippen LogP contribution in [0.4, 0.5) is 0 Å². The van der Waals surface area contributed by atoms with Gasteiger partial charge < -0.3 is 58.5 Å². The lowest BCUT2D eigenvalue weighted by atomic mass is 9.86. The first-order valence-corrected chi connectivity index (χ1v) is 26.2. The number of nitrogens with one attached hydrogen (secondary N) is 1. The highest BCUT2D eigenvalue weighted by atomic mass is 16.6. The van der Waals surface area contributed by atoms with Gasteiger partial charge in [-0.25, -0.2) is 9.59 Å². The number of ether oxygens (including phenoxy) is 8. The Balaban J connectivity index is 1.81. The molecule has 17 nitrogen and oxygen atoms in total. The number of hydrogen-bond donors (Lipinski definition) is 4. The van der Waals surface area contributed by atoms with Crippen LogP contribution in [-0.2, 0) is 61.9 Å². The van der Waals surface area contributed by atoms with Crippen molar-refractivity contribution in [2.24, 2.45) is 23.7 Å². The zero-order valence-electron chi connectivity index (χ0n) is 46.0. The Morgan fingerprint density at radius 1 is 0.760 bits per heavy atom. The van der Waals surface area contributed by atoms with Gasteiger partial charge in [-0.15, -0.1) is 0 Å². The Morgan fingerprint density at radius 2 is 1.49 bits per heavy atom. The quantitative estimate of drug-likeness (QED) is 0.111. The lowest BCUT2D eigenvalue weighted by molar-refractivity contribution is -0.153. The molecule has 1 amide bonds. The minimum absolute atomic E-state index is 0.00117. The van der Waals surface area contributed by atoms with E-state index in [0.717, 1.165) is 16.7 Å². The maximum Gasteiger partial charge on any atom is 0.331 e. The number of rotatable bonds is 7. The first-order chi connectivity index (χ1) is 35.8. The van der Waals surface area contributed by atoms with Crippen molar-refractivity contribution in [2.45, 2.75) is 173 Å². The fourth-order valence-corrected chi connectivity index (χ4v) is 9.67. The van der Waals surface area contributed by atoms with Crippen molar-refractivity contribution in [3.63, 3.8) is 0 Å². The standard InChI is InChI=1S/C58H87NO16/c1-37-16-14-20-47(69-7)35-58(67)74-49(36-68-6)25-38(2)26-53-40(4)44(32-57(66)75-53)18-15-19-45(60)33-50(62)41(5)51(70-8)22-21-39(3)52(71-9)34-48-28-43(31-56(65)73-48)29-54(63)59-23-13-11-12-17-42(27-46(61)24-37)30-55(64)72-10/h11-16,19-20,23,26,31-32,39-42,45-53,60-62H,17-18,21-22,24-25,27-30,33-36H2,1-10H3,(H,59,63)/b12-11+,19-15+,20-14+,23-13-,37-16-,38-26-. The largest absolute Gasteiger partial charge is 0.469 e. The molecule has 13 atom stereocenters. The van der Waals surface area contributed by atoms with Crippen LogP contribution < -0.4 is 5.32 Å². The molecule has 420 valence electrons. The smallest absolute Gasteiger partial charge is 0.331 e. The predicted molar refractivity (Wildman–Crippen MR) is 283 cm³/mol. The lowest BCUT2D eigenvalue weighted by Gasteiger charge is -2.31. The molecular formula is C58H87NO16. The molecule has 0 aliphatic carbocycles. The van der Waals surface area contributed by atoms with E-state index in [4.69, 9.17) is 37.9 Å². The second kappa shape index (κ2) is 34.6. The molecule has 0 aromatic rings. The summed E-state index contributed by atoms with van der Waals surface area (Å²) in [6, 6.07) is 0. The van der Waals surface area contributed by atoms with Crippen LogP contribution in [-0.4, -0.2) is 142 Å². The van der Waals surface area contributed by atoms with Crippen LogP contribution in [0.2, 0.25) is 0 Å². The van der Waals surface area contributed by atoms with E-state index in [0.29, 0.717) is 63.4 Å². The minimum Gasteiger partial charge on any atom is -0.469 e. The maximum atomic E-state index is 13.2. The molecule has 0 aromatic carbocycles. The van der Waals surface area contributed by atoms with Crippen LogP contribution in [0.25, 0.3) is 0 Å². The van der Waals surface area contributed by atoms with Crippen LogP contribution in [0, 0.1) is 23.7 Å². The normalized spacial score (nSPS) is 34.9. The van der Waals surface area contributed by atoms with E-state index in [9.17, 15) is 39.3 Å².